The molecule has 2 atom stereocenters. The van der Waals surface area contributed by atoms with Gasteiger partial charge in [0.1, 0.15) is 17.7 Å². The van der Waals surface area contributed by atoms with Crippen molar-refractivity contribution in [1.29, 1.82) is 0 Å². The summed E-state index contributed by atoms with van der Waals surface area (Å²) in [5.41, 5.74) is 1.03. The Morgan fingerprint density at radius 3 is 2.32 bits per heavy atom. The maximum atomic E-state index is 13.4. The summed E-state index contributed by atoms with van der Waals surface area (Å²) in [5, 5.41) is 5.59. The third-order valence-corrected chi connectivity index (χ3v) is 5.02. The van der Waals surface area contributed by atoms with E-state index >= 15 is 0 Å². The monoisotopic (exact) mass is 451 g/mol. The molecule has 0 saturated carbocycles. The van der Waals surface area contributed by atoms with Crippen LogP contribution in [0.3, 0.4) is 0 Å². The lowest BCUT2D eigenvalue weighted by Gasteiger charge is -2.32. The van der Waals surface area contributed by atoms with Gasteiger partial charge >= 0.3 is 6.09 Å². The van der Waals surface area contributed by atoms with Gasteiger partial charge in [0.15, 0.2) is 0 Å². The molecule has 2 N–H and O–H groups in total. The zero-order valence-corrected chi connectivity index (χ0v) is 20.8. The molecule has 0 heterocycles. The molecule has 1 aromatic carbocycles. The molecule has 0 aliphatic heterocycles. The van der Waals surface area contributed by atoms with Gasteiger partial charge in [0.05, 0.1) is 0 Å². The predicted octanol–water partition coefficient (Wildman–Crippen LogP) is 3.67. The molecule has 31 heavy (non-hydrogen) atoms. The molecule has 0 aliphatic rings. The molecule has 1 aromatic rings. The van der Waals surface area contributed by atoms with Gasteiger partial charge in [0.2, 0.25) is 11.8 Å². The molecule has 3 amide bonds. The number of carbonyl (C=O) groups excluding carboxylic acids is 3. The van der Waals surface area contributed by atoms with Crippen LogP contribution in [0.2, 0.25) is 0 Å². The molecule has 174 valence electrons. The van der Waals surface area contributed by atoms with Gasteiger partial charge in [-0.25, -0.2) is 4.79 Å². The van der Waals surface area contributed by atoms with E-state index in [1.165, 1.54) is 4.90 Å². The Bertz CT molecular complexity index is 761. The van der Waals surface area contributed by atoms with Crippen molar-refractivity contribution >= 4 is 29.7 Å². The van der Waals surface area contributed by atoms with Crippen LogP contribution in [-0.4, -0.2) is 59.5 Å². The van der Waals surface area contributed by atoms with Crippen LogP contribution in [0.25, 0.3) is 0 Å². The fraction of sp³-hybridized carbons (Fsp3) is 0.609. The predicted molar refractivity (Wildman–Crippen MR) is 126 cm³/mol. The highest BCUT2D eigenvalue weighted by molar-refractivity contribution is 7.98. The van der Waals surface area contributed by atoms with Crippen LogP contribution in [0.15, 0.2) is 24.3 Å². The number of rotatable bonds is 9. The quantitative estimate of drug-likeness (QED) is 0.598. The smallest absolute Gasteiger partial charge is 0.408 e. The summed E-state index contributed by atoms with van der Waals surface area (Å²) < 4.78 is 5.33. The van der Waals surface area contributed by atoms with Crippen molar-refractivity contribution in [1.82, 2.24) is 15.5 Å². The van der Waals surface area contributed by atoms with Gasteiger partial charge in [-0.3, -0.25) is 9.59 Å². The van der Waals surface area contributed by atoms with E-state index in [0.717, 1.165) is 11.1 Å². The highest BCUT2D eigenvalue weighted by Gasteiger charge is 2.34. The summed E-state index contributed by atoms with van der Waals surface area (Å²) in [4.78, 5) is 40.2. The molecule has 2 unspecified atom stereocenters. The van der Waals surface area contributed by atoms with Gasteiger partial charge in [0.25, 0.3) is 0 Å². The molecule has 0 bridgehead atoms. The van der Waals surface area contributed by atoms with E-state index in [1.54, 1.807) is 39.6 Å². The zero-order valence-electron chi connectivity index (χ0n) is 19.9. The molecule has 7 nitrogen and oxygen atoms in total. The minimum atomic E-state index is -0.813. The van der Waals surface area contributed by atoms with Crippen LogP contribution < -0.4 is 10.6 Å². The maximum absolute atomic E-state index is 13.4. The third-order valence-electron chi connectivity index (χ3n) is 4.37. The Morgan fingerprint density at radius 1 is 1.16 bits per heavy atom. The molecule has 8 heteroatoms. The van der Waals surface area contributed by atoms with Crippen LogP contribution in [0, 0.1) is 6.92 Å². The number of ether oxygens (including phenoxy) is 1. The summed E-state index contributed by atoms with van der Waals surface area (Å²) in [5.74, 6) is 0.0653. The number of hydrogen-bond acceptors (Lipinski definition) is 5. The van der Waals surface area contributed by atoms with Gasteiger partial charge in [-0.15, -0.1) is 0 Å². The number of alkyl carbamates (subject to hydrolysis) is 1. The molecule has 0 saturated heterocycles. The minimum Gasteiger partial charge on any atom is -0.444 e. The molecule has 1 rings (SSSR count). The van der Waals surface area contributed by atoms with Gasteiger partial charge < -0.3 is 20.3 Å². The number of nitrogens with zero attached hydrogens (tertiary/aromatic N) is 1. The molecular weight excluding hydrogens is 414 g/mol. The fourth-order valence-electron chi connectivity index (χ4n) is 3.07. The van der Waals surface area contributed by atoms with Crippen LogP contribution >= 0.6 is 11.8 Å². The van der Waals surface area contributed by atoms with Crippen molar-refractivity contribution in [2.75, 3.05) is 19.1 Å². The first-order chi connectivity index (χ1) is 14.4. The average Bonchev–Trinajstić information content (AvgIpc) is 2.62. The second-order valence-electron chi connectivity index (χ2n) is 8.91. The number of thioether (sulfide) groups is 1. The van der Waals surface area contributed by atoms with Crippen molar-refractivity contribution in [3.8, 4) is 0 Å². The SMILES string of the molecule is CSCCC(NC(=O)OC(C)(C)C)C(=O)N(C)C(C(=O)NC(C)C)c1cccc(C)c1. The van der Waals surface area contributed by atoms with Crippen LogP contribution in [0.4, 0.5) is 4.79 Å². The maximum Gasteiger partial charge on any atom is 0.408 e. The molecular formula is C23H37N3O4S. The van der Waals surface area contributed by atoms with Gasteiger partial charge in [-0.2, -0.15) is 11.8 Å². The molecule has 0 spiro atoms. The minimum absolute atomic E-state index is 0.0736. The number of carbonyl (C=O) groups is 3. The first kappa shape index (κ1) is 26.8. The third kappa shape index (κ3) is 9.21. The highest BCUT2D eigenvalue weighted by Crippen LogP contribution is 2.23. The summed E-state index contributed by atoms with van der Waals surface area (Å²) in [6.45, 7) is 11.0. The Hall–Kier alpha value is -2.22. The Labute approximate surface area is 190 Å². The lowest BCUT2D eigenvalue weighted by atomic mass is 10.0. The molecule has 0 aromatic heterocycles. The van der Waals surface area contributed by atoms with Crippen molar-refractivity contribution < 1.29 is 19.1 Å². The molecule has 0 aliphatic carbocycles. The van der Waals surface area contributed by atoms with Crippen molar-refractivity contribution in [3.05, 3.63) is 35.4 Å². The Kier molecular flexibility index (Phi) is 10.4. The Morgan fingerprint density at radius 2 is 1.81 bits per heavy atom. The first-order valence-corrected chi connectivity index (χ1v) is 11.9. The highest BCUT2D eigenvalue weighted by atomic mass is 32.2. The number of nitrogens with one attached hydrogen (secondary N) is 2. The van der Waals surface area contributed by atoms with Crippen molar-refractivity contribution in [2.24, 2.45) is 0 Å². The van der Waals surface area contributed by atoms with Gasteiger partial charge in [-0.1, -0.05) is 29.8 Å². The van der Waals surface area contributed by atoms with E-state index in [4.69, 9.17) is 4.74 Å². The number of benzene rings is 1. The topological polar surface area (TPSA) is 87.7 Å². The number of aryl methyl sites for hydroxylation is 1. The summed E-state index contributed by atoms with van der Waals surface area (Å²) in [6.07, 6.45) is 1.71. The largest absolute Gasteiger partial charge is 0.444 e. The van der Waals surface area contributed by atoms with E-state index in [1.807, 2.05) is 51.3 Å². The van der Waals surface area contributed by atoms with E-state index in [2.05, 4.69) is 10.6 Å². The number of hydrogen-bond donors (Lipinski definition) is 2. The number of amides is 3. The van der Waals surface area contributed by atoms with Crippen molar-refractivity contribution in [2.45, 2.75) is 71.7 Å². The lowest BCUT2D eigenvalue weighted by molar-refractivity contribution is -0.141. The first-order valence-electron chi connectivity index (χ1n) is 10.5. The van der Waals surface area contributed by atoms with Crippen LogP contribution in [-0.2, 0) is 14.3 Å². The average molecular weight is 452 g/mol. The summed E-state index contributed by atoms with van der Waals surface area (Å²) in [7, 11) is 1.60. The Balaban J connectivity index is 3.19. The van der Waals surface area contributed by atoms with E-state index in [0.29, 0.717) is 12.2 Å². The summed E-state index contributed by atoms with van der Waals surface area (Å²) >= 11 is 1.58. The standard InChI is InChI=1S/C23H37N3O4S/c1-15(2)24-20(27)19(17-11-9-10-16(3)14-17)26(7)21(28)18(12-13-31-8)25-22(29)30-23(4,5)6/h9-11,14-15,18-19H,12-13H2,1-8H3,(H,24,27)(H,25,29). The zero-order chi connectivity index (χ0) is 23.8. The molecule has 0 fully saturated rings. The number of likely N-dealkylation sites (N-methyl/N-ethyl adjacent to an activating group) is 1. The van der Waals surface area contributed by atoms with Gasteiger partial charge in [-0.05, 0) is 65.5 Å². The molecule has 0 radical (unpaired) electrons. The fourth-order valence-corrected chi connectivity index (χ4v) is 3.54. The van der Waals surface area contributed by atoms with Crippen LogP contribution in [0.1, 0.15) is 58.2 Å². The second-order valence-corrected chi connectivity index (χ2v) is 9.89. The normalized spacial score (nSPS) is 13.3. The van der Waals surface area contributed by atoms with Crippen LogP contribution in [0.5, 0.6) is 0 Å². The summed E-state index contributed by atoms with van der Waals surface area (Å²) in [6, 6.07) is 5.84. The lowest BCUT2D eigenvalue weighted by Crippen LogP contribution is -2.52. The van der Waals surface area contributed by atoms with Gasteiger partial charge in [0, 0.05) is 13.1 Å². The second kappa shape index (κ2) is 12.0. The van der Waals surface area contributed by atoms with E-state index < -0.39 is 23.8 Å². The van der Waals surface area contributed by atoms with E-state index in [-0.39, 0.29) is 17.9 Å². The van der Waals surface area contributed by atoms with E-state index in [9.17, 15) is 14.4 Å². The van der Waals surface area contributed by atoms with Crippen molar-refractivity contribution in [3.63, 3.8) is 0 Å².